The van der Waals surface area contributed by atoms with Crippen LogP contribution in [0.25, 0.3) is 23.1 Å². The van der Waals surface area contributed by atoms with E-state index in [1.807, 2.05) is 91.0 Å². The molecule has 0 spiro atoms. The fourth-order valence-corrected chi connectivity index (χ4v) is 5.14. The highest BCUT2D eigenvalue weighted by atomic mass is 35.5. The average Bonchev–Trinajstić information content (AvgIpc) is 2.84. The van der Waals surface area contributed by atoms with Crippen LogP contribution in [0.1, 0.15) is 54.3 Å². The molecule has 1 atom stereocenters. The van der Waals surface area contributed by atoms with E-state index in [1.165, 1.54) is 0 Å². The minimum Gasteiger partial charge on any atom is -0.386 e. The van der Waals surface area contributed by atoms with Crippen LogP contribution in [0.4, 0.5) is 0 Å². The van der Waals surface area contributed by atoms with E-state index in [0.29, 0.717) is 17.9 Å². The van der Waals surface area contributed by atoms with Crippen molar-refractivity contribution in [1.82, 2.24) is 4.98 Å². The molecule has 192 valence electrons. The third kappa shape index (κ3) is 7.49. The fraction of sp³-hybridized carbons (Fsp3) is 0.233. The molecular weight excluding hydrogens is 506 g/mol. The van der Waals surface area contributed by atoms with Gasteiger partial charge >= 0.3 is 0 Å². The Morgan fingerprint density at radius 1 is 1.00 bits per heavy atom. The number of nitrogens with zero attached hydrogens (tertiary/aromatic N) is 1. The highest BCUT2D eigenvalue weighted by molar-refractivity contribution is 7.86. The summed E-state index contributed by atoms with van der Waals surface area (Å²) in [5, 5.41) is 12.2. The van der Waals surface area contributed by atoms with E-state index in [-0.39, 0.29) is 0 Å². The predicted molar refractivity (Wildman–Crippen MR) is 151 cm³/mol. The zero-order chi connectivity index (χ0) is 26.6. The first-order chi connectivity index (χ1) is 17.5. The van der Waals surface area contributed by atoms with Crippen molar-refractivity contribution >= 4 is 44.8 Å². The Bertz CT molecular complexity index is 1540. The summed E-state index contributed by atoms with van der Waals surface area (Å²) < 4.78 is 29.7. The molecule has 37 heavy (non-hydrogen) atoms. The molecule has 0 fully saturated rings. The van der Waals surface area contributed by atoms with Gasteiger partial charge in [-0.15, -0.1) is 0 Å². The molecule has 3 aromatic carbocycles. The number of hydrogen-bond acceptors (Lipinski definition) is 5. The van der Waals surface area contributed by atoms with Crippen LogP contribution in [-0.4, -0.2) is 24.8 Å². The highest BCUT2D eigenvalue weighted by Gasteiger charge is 2.22. The number of rotatable bonds is 9. The van der Waals surface area contributed by atoms with Crippen molar-refractivity contribution in [2.75, 3.05) is 6.26 Å². The summed E-state index contributed by atoms with van der Waals surface area (Å²) in [4.78, 5) is 4.65. The Balaban J connectivity index is 1.58. The van der Waals surface area contributed by atoms with Crippen molar-refractivity contribution in [1.29, 1.82) is 0 Å². The number of aryl methyl sites for hydroxylation is 1. The SMILES string of the molecule is CC(C)(O)c1ccccc1CCC(OS(C)(=O)=O)c1cccc(/C=C/c2ccc3ccc(Cl)cc3n2)c1. The van der Waals surface area contributed by atoms with E-state index >= 15 is 0 Å². The Morgan fingerprint density at radius 3 is 2.51 bits per heavy atom. The Morgan fingerprint density at radius 2 is 1.76 bits per heavy atom. The number of benzene rings is 3. The van der Waals surface area contributed by atoms with Gasteiger partial charge in [0.25, 0.3) is 10.1 Å². The molecule has 1 aromatic heterocycles. The van der Waals surface area contributed by atoms with Crippen LogP contribution >= 0.6 is 11.6 Å². The molecule has 0 aliphatic carbocycles. The van der Waals surface area contributed by atoms with Gasteiger partial charge in [0.15, 0.2) is 0 Å². The van der Waals surface area contributed by atoms with E-state index in [0.717, 1.165) is 45.1 Å². The van der Waals surface area contributed by atoms with Crippen LogP contribution in [0.15, 0.2) is 78.9 Å². The van der Waals surface area contributed by atoms with Gasteiger partial charge in [-0.25, -0.2) is 4.98 Å². The summed E-state index contributed by atoms with van der Waals surface area (Å²) in [5.41, 5.74) is 4.01. The standard InChI is InChI=1S/C30H30ClNO4S/c1-30(2,33)27-10-5-4-8-22(27)14-18-29(36-37(3,34)35)24-9-6-7-21(19-24)11-16-26-17-13-23-12-15-25(31)20-28(23)32-26/h4-13,15-17,19-20,29,33H,14,18H2,1-3H3/b16-11+. The van der Waals surface area contributed by atoms with Crippen molar-refractivity contribution in [3.63, 3.8) is 0 Å². The number of hydrogen-bond donors (Lipinski definition) is 1. The maximum absolute atomic E-state index is 12.1. The maximum atomic E-state index is 12.1. The number of fused-ring (bicyclic) bond motifs is 1. The molecular formula is C30H30ClNO4S. The first-order valence-corrected chi connectivity index (χ1v) is 14.2. The van der Waals surface area contributed by atoms with Gasteiger partial charge in [0, 0.05) is 10.4 Å². The van der Waals surface area contributed by atoms with Crippen molar-refractivity contribution in [3.8, 4) is 0 Å². The lowest BCUT2D eigenvalue weighted by Crippen LogP contribution is -2.18. The van der Waals surface area contributed by atoms with E-state index in [9.17, 15) is 13.5 Å². The van der Waals surface area contributed by atoms with E-state index in [1.54, 1.807) is 13.8 Å². The van der Waals surface area contributed by atoms with Crippen molar-refractivity contribution in [2.24, 2.45) is 0 Å². The van der Waals surface area contributed by atoms with Gasteiger partial charge in [-0.1, -0.05) is 72.3 Å². The zero-order valence-corrected chi connectivity index (χ0v) is 22.6. The van der Waals surface area contributed by atoms with Gasteiger partial charge in [-0.3, -0.25) is 4.18 Å². The Hall–Kier alpha value is -3.03. The van der Waals surface area contributed by atoms with Gasteiger partial charge in [-0.05, 0) is 79.3 Å². The van der Waals surface area contributed by atoms with Gasteiger partial charge < -0.3 is 5.11 Å². The van der Waals surface area contributed by atoms with E-state index in [2.05, 4.69) is 4.98 Å². The first-order valence-electron chi connectivity index (χ1n) is 12.0. The molecule has 0 aliphatic rings. The molecule has 1 unspecified atom stereocenters. The van der Waals surface area contributed by atoms with Crippen LogP contribution in [0.2, 0.25) is 5.02 Å². The van der Waals surface area contributed by atoms with E-state index in [4.69, 9.17) is 15.8 Å². The van der Waals surface area contributed by atoms with Crippen LogP contribution < -0.4 is 0 Å². The van der Waals surface area contributed by atoms with Crippen LogP contribution in [0.5, 0.6) is 0 Å². The Labute approximate surface area is 223 Å². The second kappa shape index (κ2) is 11.2. The molecule has 7 heteroatoms. The topological polar surface area (TPSA) is 76.5 Å². The number of aromatic nitrogens is 1. The quantitative estimate of drug-likeness (QED) is 0.235. The van der Waals surface area contributed by atoms with Crippen LogP contribution in [0, 0.1) is 0 Å². The fourth-order valence-electron chi connectivity index (χ4n) is 4.35. The predicted octanol–water partition coefficient (Wildman–Crippen LogP) is 6.94. The van der Waals surface area contributed by atoms with Gasteiger partial charge in [0.2, 0.25) is 0 Å². The second-order valence-corrected chi connectivity index (χ2v) is 11.7. The summed E-state index contributed by atoms with van der Waals surface area (Å²) in [7, 11) is -3.70. The molecule has 0 aliphatic heterocycles. The summed E-state index contributed by atoms with van der Waals surface area (Å²) in [6.07, 6.45) is 5.21. The minimum absolute atomic E-state index is 0.431. The Kier molecular flexibility index (Phi) is 8.14. The van der Waals surface area contributed by atoms with Gasteiger partial charge in [0.1, 0.15) is 6.10 Å². The number of aliphatic hydroxyl groups is 1. The molecule has 4 aromatic rings. The van der Waals surface area contributed by atoms with Crippen molar-refractivity contribution in [2.45, 2.75) is 38.4 Å². The maximum Gasteiger partial charge on any atom is 0.264 e. The third-order valence-corrected chi connectivity index (χ3v) is 6.86. The molecule has 5 nitrogen and oxygen atoms in total. The summed E-state index contributed by atoms with van der Waals surface area (Å²) in [6, 6.07) is 24.8. The average molecular weight is 536 g/mol. The van der Waals surface area contributed by atoms with Gasteiger partial charge in [-0.2, -0.15) is 8.42 Å². The lowest BCUT2D eigenvalue weighted by Gasteiger charge is -2.23. The molecule has 1 N–H and O–H groups in total. The molecule has 0 saturated carbocycles. The van der Waals surface area contributed by atoms with Gasteiger partial charge in [0.05, 0.1) is 23.1 Å². The summed E-state index contributed by atoms with van der Waals surface area (Å²) in [5.74, 6) is 0. The summed E-state index contributed by atoms with van der Waals surface area (Å²) in [6.45, 7) is 3.48. The lowest BCUT2D eigenvalue weighted by atomic mass is 9.90. The molecule has 0 radical (unpaired) electrons. The lowest BCUT2D eigenvalue weighted by molar-refractivity contribution is 0.0773. The molecule has 0 saturated heterocycles. The summed E-state index contributed by atoms with van der Waals surface area (Å²) >= 11 is 6.11. The first kappa shape index (κ1) is 27.0. The molecule has 4 rings (SSSR count). The number of pyridine rings is 1. The third-order valence-electron chi connectivity index (χ3n) is 6.05. The normalized spacial score (nSPS) is 13.3. The largest absolute Gasteiger partial charge is 0.386 e. The monoisotopic (exact) mass is 535 g/mol. The second-order valence-electron chi connectivity index (χ2n) is 9.62. The van der Waals surface area contributed by atoms with E-state index < -0.39 is 21.8 Å². The smallest absolute Gasteiger partial charge is 0.264 e. The number of halogens is 1. The zero-order valence-electron chi connectivity index (χ0n) is 21.1. The molecule has 0 amide bonds. The van der Waals surface area contributed by atoms with Crippen LogP contribution in [-0.2, 0) is 26.3 Å². The minimum atomic E-state index is -3.70. The molecule has 1 heterocycles. The van der Waals surface area contributed by atoms with Crippen molar-refractivity contribution in [3.05, 3.63) is 112 Å². The highest BCUT2D eigenvalue weighted by Crippen LogP contribution is 2.30. The van der Waals surface area contributed by atoms with Crippen LogP contribution in [0.3, 0.4) is 0 Å². The van der Waals surface area contributed by atoms with Crippen molar-refractivity contribution < 1.29 is 17.7 Å². The molecule has 0 bridgehead atoms.